The van der Waals surface area contributed by atoms with Crippen molar-refractivity contribution < 1.29 is 4.39 Å². The van der Waals surface area contributed by atoms with E-state index in [0.717, 1.165) is 30.4 Å². The van der Waals surface area contributed by atoms with E-state index in [2.05, 4.69) is 45.8 Å². The molecule has 1 aliphatic rings. The van der Waals surface area contributed by atoms with E-state index in [4.69, 9.17) is 11.6 Å². The van der Waals surface area contributed by atoms with Crippen LogP contribution in [0.5, 0.6) is 0 Å². The average Bonchev–Trinajstić information content (AvgIpc) is 3.21. The van der Waals surface area contributed by atoms with Gasteiger partial charge in [0, 0.05) is 19.0 Å². The molecule has 1 saturated carbocycles. The van der Waals surface area contributed by atoms with E-state index in [-0.39, 0.29) is 5.28 Å². The number of hydrogen-bond donors (Lipinski definition) is 3. The van der Waals surface area contributed by atoms with E-state index in [1.54, 1.807) is 0 Å². The van der Waals surface area contributed by atoms with E-state index >= 15 is 0 Å². The normalized spacial score (nSPS) is 14.5. The monoisotopic (exact) mass is 445 g/mol. The molecule has 0 amide bonds. The summed E-state index contributed by atoms with van der Waals surface area (Å²) >= 11 is 6.04. The third kappa shape index (κ3) is 6.55. The number of H-pyrrole nitrogens is 1. The van der Waals surface area contributed by atoms with Crippen molar-refractivity contribution >= 4 is 29.3 Å². The summed E-state index contributed by atoms with van der Waals surface area (Å²) in [6.07, 6.45) is 11.6. The van der Waals surface area contributed by atoms with Crippen molar-refractivity contribution in [3.63, 3.8) is 0 Å². The second kappa shape index (κ2) is 10.4. The zero-order chi connectivity index (χ0) is 21.5. The summed E-state index contributed by atoms with van der Waals surface area (Å²) in [6.45, 7) is 0.459. The second-order valence-corrected chi connectivity index (χ2v) is 8.02. The summed E-state index contributed by atoms with van der Waals surface area (Å²) in [5, 5.41) is 13.6. The molecule has 1 aliphatic carbocycles. The highest BCUT2D eigenvalue weighted by molar-refractivity contribution is 6.28. The van der Waals surface area contributed by atoms with Gasteiger partial charge in [-0.25, -0.2) is 14.4 Å². The van der Waals surface area contributed by atoms with Crippen molar-refractivity contribution in [1.29, 1.82) is 0 Å². The topological polar surface area (TPSA) is 117 Å². The molecule has 1 fully saturated rings. The smallest absolute Gasteiger partial charge is 0.234 e. The quantitative estimate of drug-likeness (QED) is 0.450. The SMILES string of the molecule is Fc1cnc(CCNc2nc(Cl)nc(Nc3cc(CCC4CCCCC4)n[nH]3)n2)nc1. The molecule has 0 saturated heterocycles. The maximum atomic E-state index is 12.9. The zero-order valence-electron chi connectivity index (χ0n) is 17.1. The van der Waals surface area contributed by atoms with Crippen LogP contribution >= 0.6 is 11.6 Å². The fourth-order valence-electron chi connectivity index (χ4n) is 3.74. The molecule has 4 rings (SSSR count). The number of halogens is 2. The lowest BCUT2D eigenvalue weighted by molar-refractivity contribution is 0.338. The van der Waals surface area contributed by atoms with E-state index in [9.17, 15) is 4.39 Å². The van der Waals surface area contributed by atoms with Crippen molar-refractivity contribution in [2.75, 3.05) is 17.2 Å². The van der Waals surface area contributed by atoms with Crippen molar-refractivity contribution in [3.05, 3.63) is 41.1 Å². The Morgan fingerprint density at radius 3 is 2.61 bits per heavy atom. The fraction of sp³-hybridized carbons (Fsp3) is 0.500. The molecular weight excluding hydrogens is 421 g/mol. The van der Waals surface area contributed by atoms with Crippen LogP contribution in [0.15, 0.2) is 18.5 Å². The summed E-state index contributed by atoms with van der Waals surface area (Å²) in [5.41, 5.74) is 1.02. The molecule has 0 unspecified atom stereocenters. The van der Waals surface area contributed by atoms with E-state index in [1.165, 1.54) is 38.5 Å². The van der Waals surface area contributed by atoms with Gasteiger partial charge in [-0.1, -0.05) is 32.1 Å². The average molecular weight is 446 g/mol. The number of nitrogens with zero attached hydrogens (tertiary/aromatic N) is 6. The van der Waals surface area contributed by atoms with Gasteiger partial charge in [-0.3, -0.25) is 5.10 Å². The highest BCUT2D eigenvalue weighted by atomic mass is 35.5. The minimum absolute atomic E-state index is 0.0649. The minimum Gasteiger partial charge on any atom is -0.354 e. The first kappa shape index (κ1) is 21.4. The lowest BCUT2D eigenvalue weighted by Crippen LogP contribution is -2.11. The van der Waals surface area contributed by atoms with Gasteiger partial charge >= 0.3 is 0 Å². The lowest BCUT2D eigenvalue weighted by atomic mass is 9.86. The maximum absolute atomic E-state index is 12.9. The van der Waals surface area contributed by atoms with Crippen LogP contribution in [0.3, 0.4) is 0 Å². The number of aryl methyl sites for hydroxylation is 1. The Balaban J connectivity index is 1.29. The van der Waals surface area contributed by atoms with Crippen LogP contribution in [-0.2, 0) is 12.8 Å². The standard InChI is InChI=1S/C20H25ClFN9/c21-18-27-19(23-9-8-16-24-11-14(22)12-25-16)29-20(28-18)26-17-10-15(30-31-17)7-6-13-4-2-1-3-5-13/h10-13H,1-9H2,(H3,23,26,27,28,29,30,31). The molecule has 0 spiro atoms. The molecule has 0 bridgehead atoms. The molecule has 0 radical (unpaired) electrons. The largest absolute Gasteiger partial charge is 0.354 e. The predicted molar refractivity (Wildman–Crippen MR) is 116 cm³/mol. The number of rotatable bonds is 9. The van der Waals surface area contributed by atoms with Gasteiger partial charge in [-0.05, 0) is 30.4 Å². The highest BCUT2D eigenvalue weighted by Crippen LogP contribution is 2.27. The van der Waals surface area contributed by atoms with Gasteiger partial charge in [0.05, 0.1) is 18.1 Å². The summed E-state index contributed by atoms with van der Waals surface area (Å²) in [5.74, 6) is 2.20. The number of aromatic nitrogens is 7. The van der Waals surface area contributed by atoms with Crippen molar-refractivity contribution in [3.8, 4) is 0 Å². The molecule has 3 N–H and O–H groups in total. The predicted octanol–water partition coefficient (Wildman–Crippen LogP) is 4.09. The summed E-state index contributed by atoms with van der Waals surface area (Å²) in [7, 11) is 0. The second-order valence-electron chi connectivity index (χ2n) is 7.69. The first-order valence-corrected chi connectivity index (χ1v) is 10.9. The summed E-state index contributed by atoms with van der Waals surface area (Å²) < 4.78 is 12.9. The van der Waals surface area contributed by atoms with Crippen LogP contribution in [-0.4, -0.2) is 41.7 Å². The van der Waals surface area contributed by atoms with Gasteiger partial charge < -0.3 is 10.6 Å². The molecule has 3 heterocycles. The molecule has 0 aromatic carbocycles. The van der Waals surface area contributed by atoms with E-state index in [0.29, 0.717) is 36.5 Å². The van der Waals surface area contributed by atoms with E-state index < -0.39 is 5.82 Å². The van der Waals surface area contributed by atoms with Crippen LogP contribution in [0.4, 0.5) is 22.1 Å². The first-order valence-electron chi connectivity index (χ1n) is 10.6. The van der Waals surface area contributed by atoms with Gasteiger partial charge in [-0.2, -0.15) is 20.1 Å². The third-order valence-corrected chi connectivity index (χ3v) is 5.49. The van der Waals surface area contributed by atoms with Gasteiger partial charge in [0.25, 0.3) is 0 Å². The van der Waals surface area contributed by atoms with Crippen LogP contribution in [0.2, 0.25) is 5.28 Å². The van der Waals surface area contributed by atoms with Gasteiger partial charge in [0.15, 0.2) is 5.82 Å². The summed E-state index contributed by atoms with van der Waals surface area (Å²) in [4.78, 5) is 20.3. The molecule has 164 valence electrons. The molecular formula is C20H25ClFN9. The van der Waals surface area contributed by atoms with E-state index in [1.807, 2.05) is 6.07 Å². The Hall–Kier alpha value is -2.88. The van der Waals surface area contributed by atoms with Crippen LogP contribution < -0.4 is 10.6 Å². The number of anilines is 3. The Labute approximate surface area is 184 Å². The van der Waals surface area contributed by atoms with Crippen molar-refractivity contribution in [2.24, 2.45) is 5.92 Å². The van der Waals surface area contributed by atoms with Gasteiger partial charge in [0.1, 0.15) is 11.6 Å². The van der Waals surface area contributed by atoms with Gasteiger partial charge in [0.2, 0.25) is 17.2 Å². The minimum atomic E-state index is -0.465. The Morgan fingerprint density at radius 1 is 1.03 bits per heavy atom. The van der Waals surface area contributed by atoms with Crippen LogP contribution in [0, 0.1) is 11.7 Å². The van der Waals surface area contributed by atoms with Crippen molar-refractivity contribution in [2.45, 2.75) is 51.4 Å². The zero-order valence-corrected chi connectivity index (χ0v) is 17.9. The molecule has 3 aromatic heterocycles. The molecule has 0 aliphatic heterocycles. The molecule has 31 heavy (non-hydrogen) atoms. The number of nitrogens with one attached hydrogen (secondary N) is 3. The summed E-state index contributed by atoms with van der Waals surface area (Å²) in [6, 6.07) is 1.97. The Bertz CT molecular complexity index is 973. The number of hydrogen-bond acceptors (Lipinski definition) is 8. The third-order valence-electron chi connectivity index (χ3n) is 5.32. The molecule has 3 aromatic rings. The van der Waals surface area contributed by atoms with Gasteiger partial charge in [-0.15, -0.1) is 0 Å². The number of aromatic amines is 1. The highest BCUT2D eigenvalue weighted by Gasteiger charge is 2.14. The van der Waals surface area contributed by atoms with Crippen molar-refractivity contribution in [1.82, 2.24) is 35.1 Å². The van der Waals surface area contributed by atoms with Crippen LogP contribution in [0.25, 0.3) is 0 Å². The lowest BCUT2D eigenvalue weighted by Gasteiger charge is -2.20. The van der Waals surface area contributed by atoms with Crippen LogP contribution in [0.1, 0.15) is 50.0 Å². The fourth-order valence-corrected chi connectivity index (χ4v) is 3.90. The molecule has 0 atom stereocenters. The Morgan fingerprint density at radius 2 is 1.81 bits per heavy atom. The molecule has 9 nitrogen and oxygen atoms in total. The Kier molecular flexibility index (Phi) is 7.18. The maximum Gasteiger partial charge on any atom is 0.234 e. The molecule has 11 heteroatoms. The first-order chi connectivity index (χ1) is 15.1.